The van der Waals surface area contributed by atoms with Crippen molar-refractivity contribution in [3.8, 4) is 0 Å². The molecule has 0 fully saturated rings. The summed E-state index contributed by atoms with van der Waals surface area (Å²) in [6.07, 6.45) is 0. The average molecular weight is 263 g/mol. The Labute approximate surface area is 110 Å². The molecule has 0 N–H and O–H groups in total. The number of ketones is 1. The zero-order chi connectivity index (χ0) is 13.3. The maximum atomic E-state index is 13.9. The first kappa shape index (κ1) is 12.8. The molecule has 0 aliphatic carbocycles. The lowest BCUT2D eigenvalue weighted by Gasteiger charge is -2.08. The van der Waals surface area contributed by atoms with Gasteiger partial charge in [0.1, 0.15) is 5.82 Å². The monoisotopic (exact) mass is 262 g/mol. The highest BCUT2D eigenvalue weighted by Gasteiger charge is 2.17. The molecule has 0 saturated carbocycles. The van der Waals surface area contributed by atoms with Gasteiger partial charge in [-0.25, -0.2) is 4.39 Å². The molecule has 0 aliphatic heterocycles. The van der Waals surface area contributed by atoms with Crippen molar-refractivity contribution in [2.24, 2.45) is 0 Å². The highest BCUT2D eigenvalue weighted by atomic mass is 35.5. The van der Waals surface area contributed by atoms with E-state index >= 15 is 0 Å². The van der Waals surface area contributed by atoms with Crippen LogP contribution in [-0.4, -0.2) is 5.78 Å². The molecule has 92 valence electrons. The molecule has 0 aromatic heterocycles. The Kier molecular flexibility index (Phi) is 3.48. The van der Waals surface area contributed by atoms with Crippen LogP contribution in [0, 0.1) is 19.7 Å². The van der Waals surface area contributed by atoms with Gasteiger partial charge in [0, 0.05) is 10.6 Å². The summed E-state index contributed by atoms with van der Waals surface area (Å²) < 4.78 is 13.9. The van der Waals surface area contributed by atoms with E-state index in [2.05, 4.69) is 0 Å². The van der Waals surface area contributed by atoms with E-state index in [-0.39, 0.29) is 11.3 Å². The van der Waals surface area contributed by atoms with E-state index in [1.165, 1.54) is 6.07 Å². The Morgan fingerprint density at radius 2 is 1.89 bits per heavy atom. The molecule has 2 rings (SSSR count). The van der Waals surface area contributed by atoms with Crippen LogP contribution in [0.5, 0.6) is 0 Å². The van der Waals surface area contributed by atoms with Gasteiger partial charge in [0.25, 0.3) is 0 Å². The molecule has 0 heterocycles. The molecule has 2 aromatic rings. The van der Waals surface area contributed by atoms with E-state index in [1.807, 2.05) is 0 Å². The van der Waals surface area contributed by atoms with Crippen molar-refractivity contribution in [3.05, 3.63) is 69.5 Å². The molecule has 0 aliphatic rings. The SMILES string of the molecule is Cc1cc(C)c(C(=O)c2cccc(Cl)c2)c(F)c1. The third-order valence-electron chi connectivity index (χ3n) is 2.75. The number of carbonyl (C=O) groups excluding carboxylic acids is 1. The predicted molar refractivity (Wildman–Crippen MR) is 70.8 cm³/mol. The highest BCUT2D eigenvalue weighted by Crippen LogP contribution is 2.21. The minimum absolute atomic E-state index is 0.114. The van der Waals surface area contributed by atoms with Crippen molar-refractivity contribution in [2.45, 2.75) is 13.8 Å². The first-order valence-corrected chi connectivity index (χ1v) is 5.94. The van der Waals surface area contributed by atoms with Gasteiger partial charge in [0.2, 0.25) is 0 Å². The number of carbonyl (C=O) groups is 1. The molecule has 0 atom stereocenters. The summed E-state index contributed by atoms with van der Waals surface area (Å²) in [5.41, 5.74) is 1.95. The van der Waals surface area contributed by atoms with Crippen LogP contribution in [0.3, 0.4) is 0 Å². The van der Waals surface area contributed by atoms with Gasteiger partial charge in [0.05, 0.1) is 5.56 Å². The zero-order valence-corrected chi connectivity index (χ0v) is 10.9. The maximum absolute atomic E-state index is 13.9. The minimum Gasteiger partial charge on any atom is -0.288 e. The summed E-state index contributed by atoms with van der Waals surface area (Å²) >= 11 is 5.84. The lowest BCUT2D eigenvalue weighted by molar-refractivity contribution is 0.103. The van der Waals surface area contributed by atoms with Crippen LogP contribution in [0.25, 0.3) is 0 Å². The second-order valence-electron chi connectivity index (χ2n) is 4.28. The standard InChI is InChI=1S/C15H12ClFO/c1-9-6-10(2)14(13(17)7-9)15(18)11-4-3-5-12(16)8-11/h3-8H,1-2H3. The zero-order valence-electron chi connectivity index (χ0n) is 10.1. The molecule has 0 unspecified atom stereocenters. The molecule has 0 spiro atoms. The molecule has 18 heavy (non-hydrogen) atoms. The van der Waals surface area contributed by atoms with Crippen LogP contribution in [0.1, 0.15) is 27.0 Å². The fraction of sp³-hybridized carbons (Fsp3) is 0.133. The predicted octanol–water partition coefficient (Wildman–Crippen LogP) is 4.33. The van der Waals surface area contributed by atoms with Crippen LogP contribution in [0.4, 0.5) is 4.39 Å². The third kappa shape index (κ3) is 2.44. The van der Waals surface area contributed by atoms with Gasteiger partial charge >= 0.3 is 0 Å². The minimum atomic E-state index is -0.488. The van der Waals surface area contributed by atoms with Gasteiger partial charge in [-0.2, -0.15) is 0 Å². The normalized spacial score (nSPS) is 10.4. The number of benzene rings is 2. The number of hydrogen-bond acceptors (Lipinski definition) is 1. The summed E-state index contributed by atoms with van der Waals surface area (Å²) in [5.74, 6) is -0.829. The Bertz CT molecular complexity index is 597. The molecule has 1 nitrogen and oxygen atoms in total. The highest BCUT2D eigenvalue weighted by molar-refractivity contribution is 6.31. The quantitative estimate of drug-likeness (QED) is 0.737. The number of aryl methyl sites for hydroxylation is 2. The van der Waals surface area contributed by atoms with Crippen molar-refractivity contribution in [3.63, 3.8) is 0 Å². The van der Waals surface area contributed by atoms with Crippen LogP contribution in [-0.2, 0) is 0 Å². The van der Waals surface area contributed by atoms with Crippen molar-refractivity contribution in [1.82, 2.24) is 0 Å². The molecule has 0 bridgehead atoms. The third-order valence-corrected chi connectivity index (χ3v) is 2.98. The second kappa shape index (κ2) is 4.91. The van der Waals surface area contributed by atoms with Crippen LogP contribution in [0.15, 0.2) is 36.4 Å². The summed E-state index contributed by atoms with van der Waals surface area (Å²) in [7, 11) is 0. The van der Waals surface area contributed by atoms with Crippen molar-refractivity contribution in [1.29, 1.82) is 0 Å². The van der Waals surface area contributed by atoms with Gasteiger partial charge in [-0.05, 0) is 43.2 Å². The van der Waals surface area contributed by atoms with E-state index in [0.717, 1.165) is 5.56 Å². The van der Waals surface area contributed by atoms with Crippen LogP contribution in [0.2, 0.25) is 5.02 Å². The van der Waals surface area contributed by atoms with Crippen molar-refractivity contribution in [2.75, 3.05) is 0 Å². The Hall–Kier alpha value is -1.67. The van der Waals surface area contributed by atoms with Crippen molar-refractivity contribution < 1.29 is 9.18 Å². The first-order valence-electron chi connectivity index (χ1n) is 5.56. The summed E-state index contributed by atoms with van der Waals surface area (Å²) in [5, 5.41) is 0.464. The Balaban J connectivity index is 2.53. The topological polar surface area (TPSA) is 17.1 Å². The molecule has 0 amide bonds. The summed E-state index contributed by atoms with van der Waals surface area (Å²) in [4.78, 5) is 12.3. The molecule has 2 aromatic carbocycles. The number of hydrogen-bond donors (Lipinski definition) is 0. The van der Waals surface area contributed by atoms with Crippen LogP contribution >= 0.6 is 11.6 Å². The fourth-order valence-electron chi connectivity index (χ4n) is 1.98. The summed E-state index contributed by atoms with van der Waals surface area (Å²) in [6.45, 7) is 3.53. The summed E-state index contributed by atoms with van der Waals surface area (Å²) in [6, 6.07) is 9.69. The van der Waals surface area contributed by atoms with E-state index in [0.29, 0.717) is 16.1 Å². The van der Waals surface area contributed by atoms with E-state index in [4.69, 9.17) is 11.6 Å². The van der Waals surface area contributed by atoms with Gasteiger partial charge < -0.3 is 0 Å². The van der Waals surface area contributed by atoms with Gasteiger partial charge in [-0.3, -0.25) is 4.79 Å². The lowest BCUT2D eigenvalue weighted by Crippen LogP contribution is -2.07. The Morgan fingerprint density at radius 3 is 2.50 bits per heavy atom. The molecular formula is C15H12ClFO. The number of halogens is 2. The van der Waals surface area contributed by atoms with E-state index in [9.17, 15) is 9.18 Å². The Morgan fingerprint density at radius 1 is 1.17 bits per heavy atom. The second-order valence-corrected chi connectivity index (χ2v) is 4.71. The fourth-order valence-corrected chi connectivity index (χ4v) is 2.17. The van der Waals surface area contributed by atoms with Gasteiger partial charge in [-0.15, -0.1) is 0 Å². The van der Waals surface area contributed by atoms with E-state index in [1.54, 1.807) is 44.2 Å². The smallest absolute Gasteiger partial charge is 0.196 e. The van der Waals surface area contributed by atoms with Crippen LogP contribution < -0.4 is 0 Å². The molecule has 0 radical (unpaired) electrons. The lowest BCUT2D eigenvalue weighted by atomic mass is 9.97. The van der Waals surface area contributed by atoms with Gasteiger partial charge in [-0.1, -0.05) is 29.8 Å². The maximum Gasteiger partial charge on any atom is 0.196 e. The molecular weight excluding hydrogens is 251 g/mol. The number of rotatable bonds is 2. The first-order chi connectivity index (χ1) is 8.49. The molecule has 3 heteroatoms. The molecule has 0 saturated heterocycles. The average Bonchev–Trinajstić information content (AvgIpc) is 2.27. The largest absolute Gasteiger partial charge is 0.288 e. The van der Waals surface area contributed by atoms with Crippen molar-refractivity contribution >= 4 is 17.4 Å². The van der Waals surface area contributed by atoms with Gasteiger partial charge in [0.15, 0.2) is 5.78 Å². The van der Waals surface area contributed by atoms with E-state index < -0.39 is 5.82 Å².